The highest BCUT2D eigenvalue weighted by Crippen LogP contribution is 2.33. The molecule has 3 nitrogen and oxygen atoms in total. The minimum atomic E-state index is 0.156. The van der Waals surface area contributed by atoms with Crippen molar-refractivity contribution in [2.75, 3.05) is 19.8 Å². The van der Waals surface area contributed by atoms with Crippen molar-refractivity contribution in [2.45, 2.75) is 26.2 Å². The van der Waals surface area contributed by atoms with Crippen LogP contribution in [0.25, 0.3) is 0 Å². The molecular weight excluding hydrogens is 252 g/mol. The van der Waals surface area contributed by atoms with Gasteiger partial charge < -0.3 is 9.47 Å². The zero-order valence-corrected chi connectivity index (χ0v) is 11.3. The van der Waals surface area contributed by atoms with Gasteiger partial charge in [0.25, 0.3) is 0 Å². The maximum absolute atomic E-state index is 11.8. The number of ether oxygens (including phenoxy) is 2. The van der Waals surface area contributed by atoms with Crippen molar-refractivity contribution < 1.29 is 14.3 Å². The topological polar surface area (TPSA) is 35.5 Å². The predicted molar refractivity (Wildman–Crippen MR) is 70.5 cm³/mol. The van der Waals surface area contributed by atoms with E-state index >= 15 is 0 Å². The van der Waals surface area contributed by atoms with Crippen molar-refractivity contribution in [1.82, 2.24) is 0 Å². The minimum absolute atomic E-state index is 0.156. The molecule has 1 heterocycles. The molecule has 0 saturated heterocycles. The Kier molecular flexibility index (Phi) is 4.61. The summed E-state index contributed by atoms with van der Waals surface area (Å²) in [4.78, 5) is 11.8. The molecule has 18 heavy (non-hydrogen) atoms. The van der Waals surface area contributed by atoms with E-state index in [1.807, 2.05) is 19.1 Å². The van der Waals surface area contributed by atoms with Crippen LogP contribution >= 0.6 is 11.6 Å². The van der Waals surface area contributed by atoms with Crippen LogP contribution in [0, 0.1) is 0 Å². The molecule has 4 heteroatoms. The molecule has 0 bridgehead atoms. The summed E-state index contributed by atoms with van der Waals surface area (Å²) in [7, 11) is 0. The smallest absolute Gasteiger partial charge is 0.139 e. The van der Waals surface area contributed by atoms with Crippen LogP contribution in [0.2, 0.25) is 5.02 Å². The molecule has 2 rings (SSSR count). The lowest BCUT2D eigenvalue weighted by Gasteiger charge is -2.08. The van der Waals surface area contributed by atoms with Gasteiger partial charge in [-0.3, -0.25) is 4.79 Å². The summed E-state index contributed by atoms with van der Waals surface area (Å²) in [6, 6.07) is 3.74. The number of hydrogen-bond acceptors (Lipinski definition) is 3. The van der Waals surface area contributed by atoms with Crippen LogP contribution < -0.4 is 4.74 Å². The second-order valence-corrected chi connectivity index (χ2v) is 4.75. The average Bonchev–Trinajstić information content (AvgIpc) is 2.77. The molecule has 0 radical (unpaired) electrons. The first-order valence-electron chi connectivity index (χ1n) is 6.24. The number of hydrogen-bond donors (Lipinski definition) is 0. The van der Waals surface area contributed by atoms with Gasteiger partial charge >= 0.3 is 0 Å². The summed E-state index contributed by atoms with van der Waals surface area (Å²) in [6.07, 6.45) is 1.68. The van der Waals surface area contributed by atoms with Crippen LogP contribution in [0.4, 0.5) is 0 Å². The van der Waals surface area contributed by atoms with Crippen molar-refractivity contribution in [1.29, 1.82) is 0 Å². The summed E-state index contributed by atoms with van der Waals surface area (Å²) in [6.45, 7) is 3.72. The van der Waals surface area contributed by atoms with Gasteiger partial charge in [-0.05, 0) is 24.6 Å². The van der Waals surface area contributed by atoms with E-state index in [1.165, 1.54) is 0 Å². The van der Waals surface area contributed by atoms with Crippen LogP contribution in [0.5, 0.6) is 5.75 Å². The van der Waals surface area contributed by atoms with E-state index in [0.717, 1.165) is 23.3 Å². The molecular formula is C14H17ClO3. The lowest BCUT2D eigenvalue weighted by atomic mass is 10.0. The maximum atomic E-state index is 11.8. The largest absolute Gasteiger partial charge is 0.493 e. The molecule has 0 aromatic heterocycles. The van der Waals surface area contributed by atoms with Gasteiger partial charge in [0.1, 0.15) is 11.5 Å². The summed E-state index contributed by atoms with van der Waals surface area (Å²) >= 11 is 6.05. The lowest BCUT2D eigenvalue weighted by molar-refractivity contribution is -0.119. The highest BCUT2D eigenvalue weighted by atomic mass is 35.5. The van der Waals surface area contributed by atoms with Crippen molar-refractivity contribution in [3.05, 3.63) is 28.3 Å². The normalized spacial score (nSPS) is 13.2. The summed E-state index contributed by atoms with van der Waals surface area (Å²) in [5.41, 5.74) is 2.01. The number of carbonyl (C=O) groups is 1. The second kappa shape index (κ2) is 6.21. The van der Waals surface area contributed by atoms with Gasteiger partial charge in [-0.15, -0.1) is 0 Å². The second-order valence-electron chi connectivity index (χ2n) is 4.31. The Hall–Kier alpha value is -1.06. The highest BCUT2D eigenvalue weighted by Gasteiger charge is 2.19. The first kappa shape index (κ1) is 13.4. The van der Waals surface area contributed by atoms with Gasteiger partial charge in [-0.2, -0.15) is 0 Å². The van der Waals surface area contributed by atoms with E-state index in [2.05, 4.69) is 0 Å². The Morgan fingerprint density at radius 3 is 3.11 bits per heavy atom. The third kappa shape index (κ3) is 3.24. The molecule has 0 atom stereocenters. The number of Topliss-reactive ketones (excluding diaryl/α,β-unsaturated/α-hetero) is 1. The third-order valence-corrected chi connectivity index (χ3v) is 3.16. The quantitative estimate of drug-likeness (QED) is 0.744. The van der Waals surface area contributed by atoms with Gasteiger partial charge in [0.15, 0.2) is 0 Å². The molecule has 0 saturated carbocycles. The maximum Gasteiger partial charge on any atom is 0.139 e. The summed E-state index contributed by atoms with van der Waals surface area (Å²) in [5, 5.41) is 0.673. The average molecular weight is 269 g/mol. The minimum Gasteiger partial charge on any atom is -0.493 e. The number of rotatable bonds is 6. The first-order valence-corrected chi connectivity index (χ1v) is 6.62. The van der Waals surface area contributed by atoms with Crippen LogP contribution in [0.3, 0.4) is 0 Å². The standard InChI is InChI=1S/C14H17ClO3/c1-2-17-5-4-13(16)9-11-8-12(15)7-10-3-6-18-14(10)11/h7-8H,2-6,9H2,1H3. The monoisotopic (exact) mass is 268 g/mol. The van der Waals surface area contributed by atoms with Crippen molar-refractivity contribution >= 4 is 17.4 Å². The van der Waals surface area contributed by atoms with Crippen molar-refractivity contribution in [2.24, 2.45) is 0 Å². The molecule has 1 aliphatic heterocycles. The van der Waals surface area contributed by atoms with Crippen LogP contribution in [-0.2, 0) is 22.4 Å². The lowest BCUT2D eigenvalue weighted by Crippen LogP contribution is -2.08. The number of carbonyl (C=O) groups excluding carboxylic acids is 1. The molecule has 98 valence electrons. The van der Waals surface area contributed by atoms with Crippen LogP contribution in [0.15, 0.2) is 12.1 Å². The Morgan fingerprint density at radius 2 is 2.33 bits per heavy atom. The number of benzene rings is 1. The molecule has 0 N–H and O–H groups in total. The van der Waals surface area contributed by atoms with Gasteiger partial charge in [-0.25, -0.2) is 0 Å². The number of ketones is 1. The fourth-order valence-corrected chi connectivity index (χ4v) is 2.37. The zero-order valence-electron chi connectivity index (χ0n) is 10.5. The molecule has 0 unspecified atom stereocenters. The van der Waals surface area contributed by atoms with Gasteiger partial charge in [0, 0.05) is 36.5 Å². The van der Waals surface area contributed by atoms with Crippen molar-refractivity contribution in [3.8, 4) is 5.75 Å². The van der Waals surface area contributed by atoms with Gasteiger partial charge in [0.05, 0.1) is 13.2 Å². The van der Waals surface area contributed by atoms with Crippen molar-refractivity contribution in [3.63, 3.8) is 0 Å². The zero-order chi connectivity index (χ0) is 13.0. The van der Waals surface area contributed by atoms with E-state index < -0.39 is 0 Å². The van der Waals surface area contributed by atoms with Crippen LogP contribution in [-0.4, -0.2) is 25.6 Å². The highest BCUT2D eigenvalue weighted by molar-refractivity contribution is 6.30. The van der Waals surface area contributed by atoms with E-state index in [-0.39, 0.29) is 5.78 Å². The fourth-order valence-electron chi connectivity index (χ4n) is 2.11. The molecule has 1 aliphatic rings. The van der Waals surface area contributed by atoms with E-state index in [4.69, 9.17) is 21.1 Å². The molecule has 0 amide bonds. The molecule has 1 aromatic rings. The Labute approximate surface area is 112 Å². The van der Waals surface area contributed by atoms with Crippen LogP contribution in [0.1, 0.15) is 24.5 Å². The number of halogens is 1. The predicted octanol–water partition coefficient (Wildman–Crippen LogP) is 2.81. The molecule has 0 fully saturated rings. The summed E-state index contributed by atoms with van der Waals surface area (Å²) < 4.78 is 10.7. The molecule has 0 aliphatic carbocycles. The Bertz CT molecular complexity index is 443. The molecule has 0 spiro atoms. The SMILES string of the molecule is CCOCCC(=O)Cc1cc(Cl)cc2c1OCC2. The number of fused-ring (bicyclic) bond motifs is 1. The Morgan fingerprint density at radius 1 is 1.50 bits per heavy atom. The van der Waals surface area contributed by atoms with E-state index in [9.17, 15) is 4.79 Å². The van der Waals surface area contributed by atoms with E-state index in [1.54, 1.807) is 0 Å². The third-order valence-electron chi connectivity index (χ3n) is 2.94. The molecule has 1 aromatic carbocycles. The first-order chi connectivity index (χ1) is 8.70. The van der Waals surface area contributed by atoms with Gasteiger partial charge in [0.2, 0.25) is 0 Å². The Balaban J connectivity index is 2.03. The van der Waals surface area contributed by atoms with E-state index in [0.29, 0.717) is 37.7 Å². The summed E-state index contributed by atoms with van der Waals surface area (Å²) in [5.74, 6) is 1.01. The fraction of sp³-hybridized carbons (Fsp3) is 0.500. The van der Waals surface area contributed by atoms with Gasteiger partial charge in [-0.1, -0.05) is 11.6 Å².